The fraction of sp³-hybridized carbons (Fsp3) is 0.222. The summed E-state index contributed by atoms with van der Waals surface area (Å²) in [5.74, 6) is 1.55. The van der Waals surface area contributed by atoms with Crippen LogP contribution in [0.25, 0.3) is 11.4 Å². The van der Waals surface area contributed by atoms with Crippen LogP contribution in [0.5, 0.6) is 0 Å². The minimum atomic E-state index is -0.0239. The third-order valence-corrected chi connectivity index (χ3v) is 1.91. The molecule has 0 saturated carbocycles. The highest BCUT2D eigenvalue weighted by Gasteiger charge is 2.07. The van der Waals surface area contributed by atoms with Crippen LogP contribution in [0.1, 0.15) is 11.5 Å². The van der Waals surface area contributed by atoms with Crippen molar-refractivity contribution < 1.29 is 9.52 Å². The van der Waals surface area contributed by atoms with Crippen LogP contribution in [0.15, 0.2) is 22.9 Å². The first-order chi connectivity index (χ1) is 6.31. The number of aromatic nitrogens is 2. The van der Waals surface area contributed by atoms with Gasteiger partial charge in [-0.05, 0) is 13.0 Å². The summed E-state index contributed by atoms with van der Waals surface area (Å²) >= 11 is 0. The first-order valence-electron chi connectivity index (χ1n) is 4.00. The van der Waals surface area contributed by atoms with Crippen LogP contribution in [-0.4, -0.2) is 15.1 Å². The molecule has 0 spiro atoms. The van der Waals surface area contributed by atoms with Crippen molar-refractivity contribution in [2.75, 3.05) is 0 Å². The Balaban J connectivity index is 2.41. The van der Waals surface area contributed by atoms with E-state index in [-0.39, 0.29) is 6.61 Å². The van der Waals surface area contributed by atoms with Crippen LogP contribution in [0, 0.1) is 6.92 Å². The highest BCUT2D eigenvalue weighted by molar-refractivity contribution is 5.57. The Labute approximate surface area is 75.2 Å². The molecule has 0 saturated heterocycles. The van der Waals surface area contributed by atoms with Gasteiger partial charge in [0, 0.05) is 0 Å². The predicted octanol–water partition coefficient (Wildman–Crippen LogP) is 1.47. The molecule has 0 bridgehead atoms. The Kier molecular flexibility index (Phi) is 1.90. The van der Waals surface area contributed by atoms with E-state index in [1.54, 1.807) is 12.5 Å². The fourth-order valence-electron chi connectivity index (χ4n) is 1.21. The molecule has 0 aliphatic heterocycles. The zero-order chi connectivity index (χ0) is 9.26. The number of hydrogen-bond acceptors (Lipinski definition) is 3. The summed E-state index contributed by atoms with van der Waals surface area (Å²) in [6, 6.07) is 1.84. The number of hydrogen-bond donors (Lipinski definition) is 2. The second-order valence-corrected chi connectivity index (χ2v) is 2.81. The topological polar surface area (TPSA) is 62.1 Å². The van der Waals surface area contributed by atoms with Crippen LogP contribution in [0.4, 0.5) is 0 Å². The Bertz CT molecular complexity index is 403. The van der Waals surface area contributed by atoms with Crippen molar-refractivity contribution in [3.8, 4) is 11.4 Å². The maximum absolute atomic E-state index is 8.82. The van der Waals surface area contributed by atoms with Gasteiger partial charge in [0.05, 0.1) is 30.3 Å². The highest BCUT2D eigenvalue weighted by atomic mass is 16.3. The predicted molar refractivity (Wildman–Crippen MR) is 46.9 cm³/mol. The van der Waals surface area contributed by atoms with Crippen LogP contribution in [-0.2, 0) is 6.61 Å². The summed E-state index contributed by atoms with van der Waals surface area (Å²) in [7, 11) is 0. The molecular weight excluding hydrogens is 168 g/mol. The maximum atomic E-state index is 8.82. The molecule has 68 valence electrons. The van der Waals surface area contributed by atoms with Crippen molar-refractivity contribution in [1.82, 2.24) is 9.97 Å². The molecule has 2 aromatic rings. The van der Waals surface area contributed by atoms with E-state index in [4.69, 9.17) is 9.52 Å². The third-order valence-electron chi connectivity index (χ3n) is 1.91. The van der Waals surface area contributed by atoms with Crippen molar-refractivity contribution >= 4 is 0 Å². The summed E-state index contributed by atoms with van der Waals surface area (Å²) in [5, 5.41) is 8.82. The second-order valence-electron chi connectivity index (χ2n) is 2.81. The lowest BCUT2D eigenvalue weighted by Gasteiger charge is -1.91. The average molecular weight is 178 g/mol. The number of aliphatic hydroxyl groups is 1. The number of aliphatic hydroxyl groups excluding tert-OH is 1. The molecule has 4 heteroatoms. The van der Waals surface area contributed by atoms with Crippen LogP contribution in [0.3, 0.4) is 0 Å². The Morgan fingerprint density at radius 2 is 2.46 bits per heavy atom. The summed E-state index contributed by atoms with van der Waals surface area (Å²) in [6.07, 6.45) is 3.23. The number of nitrogens with one attached hydrogen (secondary N) is 1. The number of aryl methyl sites for hydroxylation is 1. The number of H-pyrrole nitrogens is 1. The lowest BCUT2D eigenvalue weighted by Crippen LogP contribution is -1.83. The molecule has 0 amide bonds. The number of aromatic amines is 1. The molecule has 4 nitrogen and oxygen atoms in total. The molecular formula is C9H10N2O2. The SMILES string of the molecule is Cc1occc1-c1ncc(CO)[nH]1. The molecule has 0 atom stereocenters. The van der Waals surface area contributed by atoms with Crippen molar-refractivity contribution in [3.63, 3.8) is 0 Å². The van der Waals surface area contributed by atoms with Gasteiger partial charge in [0.25, 0.3) is 0 Å². The van der Waals surface area contributed by atoms with E-state index in [0.29, 0.717) is 5.69 Å². The fourth-order valence-corrected chi connectivity index (χ4v) is 1.21. The molecule has 2 heterocycles. The second kappa shape index (κ2) is 3.06. The smallest absolute Gasteiger partial charge is 0.141 e. The van der Waals surface area contributed by atoms with Gasteiger partial charge in [-0.15, -0.1) is 0 Å². The van der Waals surface area contributed by atoms with E-state index in [1.165, 1.54) is 0 Å². The Hall–Kier alpha value is -1.55. The molecule has 13 heavy (non-hydrogen) atoms. The van der Waals surface area contributed by atoms with Crippen LogP contribution < -0.4 is 0 Å². The molecule has 2 aromatic heterocycles. The summed E-state index contributed by atoms with van der Waals surface area (Å²) in [6.45, 7) is 1.85. The van der Waals surface area contributed by atoms with Gasteiger partial charge in [-0.1, -0.05) is 0 Å². The first-order valence-corrected chi connectivity index (χ1v) is 4.00. The van der Waals surface area contributed by atoms with Crippen LogP contribution in [0.2, 0.25) is 0 Å². The van der Waals surface area contributed by atoms with Gasteiger partial charge in [-0.3, -0.25) is 0 Å². The van der Waals surface area contributed by atoms with E-state index in [2.05, 4.69) is 9.97 Å². The molecule has 0 unspecified atom stereocenters. The van der Waals surface area contributed by atoms with Crippen molar-refractivity contribution in [2.24, 2.45) is 0 Å². The minimum absolute atomic E-state index is 0.0239. The van der Waals surface area contributed by atoms with Gasteiger partial charge in [-0.2, -0.15) is 0 Å². The normalized spacial score (nSPS) is 10.6. The largest absolute Gasteiger partial charge is 0.469 e. The van der Waals surface area contributed by atoms with E-state index >= 15 is 0 Å². The number of rotatable bonds is 2. The average Bonchev–Trinajstić information content (AvgIpc) is 2.71. The van der Waals surface area contributed by atoms with Crippen LogP contribution >= 0.6 is 0 Å². The molecule has 0 fully saturated rings. The van der Waals surface area contributed by atoms with E-state index < -0.39 is 0 Å². The van der Waals surface area contributed by atoms with Gasteiger partial charge in [0.1, 0.15) is 11.6 Å². The third kappa shape index (κ3) is 1.36. The van der Waals surface area contributed by atoms with Gasteiger partial charge >= 0.3 is 0 Å². The molecule has 0 aliphatic rings. The summed E-state index contributed by atoms with van der Waals surface area (Å²) in [5.41, 5.74) is 1.63. The summed E-state index contributed by atoms with van der Waals surface area (Å²) < 4.78 is 5.14. The van der Waals surface area contributed by atoms with E-state index in [9.17, 15) is 0 Å². The summed E-state index contributed by atoms with van der Waals surface area (Å²) in [4.78, 5) is 7.10. The lowest BCUT2D eigenvalue weighted by atomic mass is 10.2. The first kappa shape index (κ1) is 8.07. The zero-order valence-electron chi connectivity index (χ0n) is 7.24. The highest BCUT2D eigenvalue weighted by Crippen LogP contribution is 2.20. The van der Waals surface area contributed by atoms with Gasteiger partial charge in [-0.25, -0.2) is 4.98 Å². The lowest BCUT2D eigenvalue weighted by molar-refractivity contribution is 0.277. The van der Waals surface area contributed by atoms with E-state index in [1.807, 2.05) is 13.0 Å². The quantitative estimate of drug-likeness (QED) is 0.732. The molecule has 2 rings (SSSR count). The van der Waals surface area contributed by atoms with Gasteiger partial charge < -0.3 is 14.5 Å². The van der Waals surface area contributed by atoms with Gasteiger partial charge in [0.15, 0.2) is 0 Å². The molecule has 0 aromatic carbocycles. The maximum Gasteiger partial charge on any atom is 0.141 e. The molecule has 0 radical (unpaired) electrons. The number of imidazole rings is 1. The molecule has 2 N–H and O–H groups in total. The number of nitrogens with zero attached hydrogens (tertiary/aromatic N) is 1. The number of furan rings is 1. The van der Waals surface area contributed by atoms with Crippen molar-refractivity contribution in [2.45, 2.75) is 13.5 Å². The standard InChI is InChI=1S/C9H10N2O2/c1-6-8(2-3-13-6)9-10-4-7(5-12)11-9/h2-4,12H,5H2,1H3,(H,10,11). The minimum Gasteiger partial charge on any atom is -0.469 e. The Morgan fingerprint density at radius 1 is 1.62 bits per heavy atom. The van der Waals surface area contributed by atoms with Crippen molar-refractivity contribution in [3.05, 3.63) is 30.0 Å². The molecule has 0 aliphatic carbocycles. The zero-order valence-corrected chi connectivity index (χ0v) is 7.24. The van der Waals surface area contributed by atoms with Crippen molar-refractivity contribution in [1.29, 1.82) is 0 Å². The van der Waals surface area contributed by atoms with E-state index in [0.717, 1.165) is 17.1 Å². The van der Waals surface area contributed by atoms with Gasteiger partial charge in [0.2, 0.25) is 0 Å². The Morgan fingerprint density at radius 3 is 3.00 bits per heavy atom. The monoisotopic (exact) mass is 178 g/mol.